The number of ether oxygens (including phenoxy) is 2. The second-order valence-electron chi connectivity index (χ2n) is 7.84. The van der Waals surface area contributed by atoms with Crippen LogP contribution in [0, 0.1) is 23.2 Å². The molecule has 0 spiro atoms. The van der Waals surface area contributed by atoms with Crippen molar-refractivity contribution in [2.45, 2.75) is 47.1 Å². The number of esters is 1. The van der Waals surface area contributed by atoms with Gasteiger partial charge in [-0.05, 0) is 17.8 Å². The molecule has 8 heteroatoms. The Morgan fingerprint density at radius 1 is 1.15 bits per heavy atom. The maximum Gasteiger partial charge on any atom is 0.329 e. The fourth-order valence-electron chi connectivity index (χ4n) is 2.81. The first-order valence-corrected chi connectivity index (χ1v) is 9.02. The highest BCUT2D eigenvalue weighted by molar-refractivity contribution is 5.90. The van der Waals surface area contributed by atoms with E-state index in [1.54, 1.807) is 19.3 Å². The summed E-state index contributed by atoms with van der Waals surface area (Å²) in [6.45, 7) is 13.0. The summed E-state index contributed by atoms with van der Waals surface area (Å²) in [6, 6.07) is -0.898. The van der Waals surface area contributed by atoms with Crippen molar-refractivity contribution in [2.75, 3.05) is 20.3 Å². The minimum absolute atomic E-state index is 0.0808. The van der Waals surface area contributed by atoms with Gasteiger partial charge in [-0.25, -0.2) is 10.3 Å². The summed E-state index contributed by atoms with van der Waals surface area (Å²) in [5.41, 5.74) is 1.01. The number of carbonyl (C=O) groups excluding carboxylic acids is 3. The number of carbonyl (C=O) groups is 3. The van der Waals surface area contributed by atoms with Gasteiger partial charge in [-0.2, -0.15) is 0 Å². The quantitative estimate of drug-likeness (QED) is 0.164. The number of methoxy groups -OCH3 is 1. The molecule has 3 atom stereocenters. The lowest BCUT2D eigenvalue weighted by Crippen LogP contribution is -2.54. The zero-order valence-electron chi connectivity index (χ0n) is 17.2. The van der Waals surface area contributed by atoms with Crippen molar-refractivity contribution in [3.8, 4) is 0 Å². The van der Waals surface area contributed by atoms with Crippen molar-refractivity contribution in [2.24, 2.45) is 23.2 Å². The van der Waals surface area contributed by atoms with Crippen molar-refractivity contribution in [3.63, 3.8) is 0 Å². The molecule has 0 aliphatic carbocycles. The van der Waals surface area contributed by atoms with E-state index < -0.39 is 41.1 Å². The third-order valence-corrected chi connectivity index (χ3v) is 4.24. The molecule has 0 saturated carbocycles. The normalized spacial score (nSPS) is 14.8. The standard InChI is InChI=1S/C19H34N2O6/c1-8-9-13(16(22)21-25)14(12(2)3)17(23)20-15(19(4,5)6)18(24)27-11-10-26-7/h8,12-15,25H,1,9-11H2,2-7H3,(H,20,23)(H,21,22). The van der Waals surface area contributed by atoms with Crippen LogP contribution in [0.15, 0.2) is 12.7 Å². The molecule has 27 heavy (non-hydrogen) atoms. The summed E-state index contributed by atoms with van der Waals surface area (Å²) in [5.74, 6) is -3.47. The molecule has 0 aromatic heterocycles. The molecule has 0 heterocycles. The Kier molecular flexibility index (Phi) is 10.9. The zero-order chi connectivity index (χ0) is 21.2. The van der Waals surface area contributed by atoms with E-state index >= 15 is 0 Å². The number of allylic oxidation sites excluding steroid dienone is 1. The molecule has 2 amide bonds. The maximum atomic E-state index is 13.0. The Morgan fingerprint density at radius 3 is 2.15 bits per heavy atom. The Morgan fingerprint density at radius 2 is 1.74 bits per heavy atom. The average Bonchev–Trinajstić information content (AvgIpc) is 2.57. The van der Waals surface area contributed by atoms with Gasteiger partial charge >= 0.3 is 5.97 Å². The lowest BCUT2D eigenvalue weighted by atomic mass is 9.79. The largest absolute Gasteiger partial charge is 0.462 e. The van der Waals surface area contributed by atoms with E-state index in [2.05, 4.69) is 11.9 Å². The molecular formula is C19H34N2O6. The predicted octanol–water partition coefficient (Wildman–Crippen LogP) is 1.68. The van der Waals surface area contributed by atoms with Gasteiger partial charge < -0.3 is 14.8 Å². The van der Waals surface area contributed by atoms with Crippen molar-refractivity contribution in [3.05, 3.63) is 12.7 Å². The van der Waals surface area contributed by atoms with Gasteiger partial charge in [0.1, 0.15) is 12.6 Å². The van der Waals surface area contributed by atoms with Crippen molar-refractivity contribution < 1.29 is 29.1 Å². The van der Waals surface area contributed by atoms with E-state index in [4.69, 9.17) is 14.7 Å². The van der Waals surface area contributed by atoms with Crippen molar-refractivity contribution >= 4 is 17.8 Å². The van der Waals surface area contributed by atoms with Gasteiger partial charge in [-0.3, -0.25) is 14.8 Å². The summed E-state index contributed by atoms with van der Waals surface area (Å²) >= 11 is 0. The molecule has 8 nitrogen and oxygen atoms in total. The van der Waals surface area contributed by atoms with Crippen LogP contribution in [-0.4, -0.2) is 49.4 Å². The lowest BCUT2D eigenvalue weighted by molar-refractivity contribution is -0.153. The average molecular weight is 386 g/mol. The summed E-state index contributed by atoms with van der Waals surface area (Å²) in [6.07, 6.45) is 1.73. The fourth-order valence-corrected chi connectivity index (χ4v) is 2.81. The van der Waals surface area contributed by atoms with E-state index in [9.17, 15) is 14.4 Å². The summed E-state index contributed by atoms with van der Waals surface area (Å²) in [5, 5.41) is 11.7. The van der Waals surface area contributed by atoms with Crippen LogP contribution in [0.5, 0.6) is 0 Å². The zero-order valence-corrected chi connectivity index (χ0v) is 17.2. The van der Waals surface area contributed by atoms with Crippen molar-refractivity contribution in [1.29, 1.82) is 0 Å². The number of amides is 2. The van der Waals surface area contributed by atoms with Crippen LogP contribution in [0.2, 0.25) is 0 Å². The van der Waals surface area contributed by atoms with Crippen molar-refractivity contribution in [1.82, 2.24) is 10.8 Å². The van der Waals surface area contributed by atoms with Gasteiger partial charge in [0.25, 0.3) is 0 Å². The first-order chi connectivity index (χ1) is 12.5. The Balaban J connectivity index is 5.52. The van der Waals surface area contributed by atoms with Crippen LogP contribution in [0.1, 0.15) is 41.0 Å². The highest BCUT2D eigenvalue weighted by atomic mass is 16.6. The maximum absolute atomic E-state index is 13.0. The Labute approximate surface area is 161 Å². The summed E-state index contributed by atoms with van der Waals surface area (Å²) < 4.78 is 10.0. The van der Waals surface area contributed by atoms with Gasteiger partial charge in [0.05, 0.1) is 18.4 Å². The van der Waals surface area contributed by atoms with E-state index in [1.807, 2.05) is 20.8 Å². The third-order valence-electron chi connectivity index (χ3n) is 4.24. The number of nitrogens with one attached hydrogen (secondary N) is 2. The molecule has 0 aromatic rings. The highest BCUT2D eigenvalue weighted by Crippen LogP contribution is 2.27. The molecule has 0 aliphatic heterocycles. The van der Waals surface area contributed by atoms with E-state index in [-0.39, 0.29) is 25.6 Å². The van der Waals surface area contributed by atoms with E-state index in [0.717, 1.165) is 0 Å². The molecular weight excluding hydrogens is 352 g/mol. The molecule has 156 valence electrons. The Bertz CT molecular complexity index is 513. The van der Waals surface area contributed by atoms with Gasteiger partial charge in [-0.1, -0.05) is 40.7 Å². The van der Waals surface area contributed by atoms with Crippen LogP contribution < -0.4 is 10.8 Å². The number of hydrogen-bond acceptors (Lipinski definition) is 6. The minimum Gasteiger partial charge on any atom is -0.462 e. The minimum atomic E-state index is -0.898. The van der Waals surface area contributed by atoms with Crippen LogP contribution in [0.3, 0.4) is 0 Å². The van der Waals surface area contributed by atoms with Crippen LogP contribution in [0.25, 0.3) is 0 Å². The van der Waals surface area contributed by atoms with Gasteiger partial charge in [0, 0.05) is 7.11 Å². The lowest BCUT2D eigenvalue weighted by Gasteiger charge is -2.33. The number of hydroxylamine groups is 1. The van der Waals surface area contributed by atoms with Crippen LogP contribution >= 0.6 is 0 Å². The van der Waals surface area contributed by atoms with Gasteiger partial charge in [0.2, 0.25) is 11.8 Å². The predicted molar refractivity (Wildman–Crippen MR) is 101 cm³/mol. The molecule has 3 N–H and O–H groups in total. The van der Waals surface area contributed by atoms with E-state index in [1.165, 1.54) is 13.2 Å². The molecule has 3 unspecified atom stereocenters. The fraction of sp³-hybridized carbons (Fsp3) is 0.737. The van der Waals surface area contributed by atoms with E-state index in [0.29, 0.717) is 0 Å². The smallest absolute Gasteiger partial charge is 0.329 e. The molecule has 0 bridgehead atoms. The summed E-state index contributed by atoms with van der Waals surface area (Å²) in [4.78, 5) is 37.5. The SMILES string of the molecule is C=CCC(C(=O)NO)C(C(=O)NC(C(=O)OCCOC)C(C)(C)C)C(C)C. The summed E-state index contributed by atoms with van der Waals surface area (Å²) in [7, 11) is 1.50. The highest BCUT2D eigenvalue weighted by Gasteiger charge is 2.40. The van der Waals surface area contributed by atoms with Crippen LogP contribution in [0.4, 0.5) is 0 Å². The van der Waals surface area contributed by atoms with Crippen LogP contribution in [-0.2, 0) is 23.9 Å². The number of rotatable bonds is 11. The molecule has 0 aromatic carbocycles. The first kappa shape index (κ1) is 25.1. The second-order valence-corrected chi connectivity index (χ2v) is 7.84. The van der Waals surface area contributed by atoms with Gasteiger partial charge in [-0.15, -0.1) is 6.58 Å². The molecule has 0 rings (SSSR count). The Hall–Kier alpha value is -1.93. The monoisotopic (exact) mass is 386 g/mol. The van der Waals surface area contributed by atoms with Gasteiger partial charge in [0.15, 0.2) is 0 Å². The molecule has 0 radical (unpaired) electrons. The second kappa shape index (κ2) is 11.7. The molecule has 0 fully saturated rings. The first-order valence-electron chi connectivity index (χ1n) is 9.02. The molecule has 0 aliphatic rings. The number of hydrogen-bond donors (Lipinski definition) is 3. The topological polar surface area (TPSA) is 114 Å². The third kappa shape index (κ3) is 8.09. The molecule has 0 saturated heterocycles.